The van der Waals surface area contributed by atoms with Crippen molar-refractivity contribution in [1.29, 1.82) is 0 Å². The summed E-state index contributed by atoms with van der Waals surface area (Å²) in [6, 6.07) is 17.8. The molecule has 0 aromatic heterocycles. The second-order valence-electron chi connectivity index (χ2n) is 11.5. The highest BCUT2D eigenvalue weighted by Gasteiger charge is 2.42. The van der Waals surface area contributed by atoms with Gasteiger partial charge in [0.25, 0.3) is 30.1 Å². The predicted octanol–water partition coefficient (Wildman–Crippen LogP) is 6.84. The standard InChI is InChI=1S/C20H16ClF2NO5.C18H14ClNO5/c1-2-28-16(25)9-11-3-5-12(6-4-11)24-19(26)17-13(21)7-8-14(18(17)20(24)27)29-10-15(22)23;1-2-25-14(22)9-10-3-5-11(6-4-10)20-17(23)15-12(19)7-8-13(21)16(15)18(20)24/h3-8,15H,2,9-10H2,1H3;3-8,21H,2,9H2,1H3. The van der Waals surface area contributed by atoms with E-state index in [0.29, 0.717) is 23.4 Å². The van der Waals surface area contributed by atoms with Gasteiger partial charge in [0.05, 0.1) is 69.7 Å². The van der Waals surface area contributed by atoms with Gasteiger partial charge in [-0.2, -0.15) is 0 Å². The van der Waals surface area contributed by atoms with Crippen LogP contribution in [0.2, 0.25) is 10.0 Å². The first kappa shape index (κ1) is 39.3. The maximum absolute atomic E-state index is 12.9. The van der Waals surface area contributed by atoms with Crippen molar-refractivity contribution in [2.75, 3.05) is 29.6 Å². The molecule has 12 nitrogen and oxygen atoms in total. The number of alkyl halides is 2. The van der Waals surface area contributed by atoms with E-state index < -0.39 is 42.6 Å². The van der Waals surface area contributed by atoms with E-state index in [0.717, 1.165) is 9.80 Å². The topological polar surface area (TPSA) is 157 Å². The van der Waals surface area contributed by atoms with E-state index >= 15 is 0 Å². The molecular weight excluding hydrogens is 753 g/mol. The second kappa shape index (κ2) is 16.9. The molecule has 54 heavy (non-hydrogen) atoms. The zero-order chi connectivity index (χ0) is 39.3. The number of carbonyl (C=O) groups excluding carboxylic acids is 6. The molecule has 0 radical (unpaired) electrons. The molecule has 0 unspecified atom stereocenters. The lowest BCUT2D eigenvalue weighted by atomic mass is 10.1. The number of anilines is 2. The molecule has 2 aliphatic heterocycles. The number of rotatable bonds is 11. The van der Waals surface area contributed by atoms with Gasteiger partial charge in [0.2, 0.25) is 0 Å². The van der Waals surface area contributed by atoms with Gasteiger partial charge in [-0.3, -0.25) is 28.8 Å². The third-order valence-corrected chi connectivity index (χ3v) is 8.61. The number of nitrogens with zero attached hydrogens (tertiary/aromatic N) is 2. The molecule has 0 fully saturated rings. The molecule has 6 rings (SSSR count). The highest BCUT2D eigenvalue weighted by Crippen LogP contribution is 2.39. The van der Waals surface area contributed by atoms with Gasteiger partial charge in [-0.1, -0.05) is 47.5 Å². The summed E-state index contributed by atoms with van der Waals surface area (Å²) in [4.78, 5) is 75.7. The number of amides is 4. The summed E-state index contributed by atoms with van der Waals surface area (Å²) in [5, 5.41) is 10.0. The van der Waals surface area contributed by atoms with E-state index in [1.165, 1.54) is 36.4 Å². The van der Waals surface area contributed by atoms with Gasteiger partial charge in [0.1, 0.15) is 18.1 Å². The third kappa shape index (κ3) is 8.19. The Bertz CT molecular complexity index is 2100. The Balaban J connectivity index is 0.000000210. The highest BCUT2D eigenvalue weighted by atomic mass is 35.5. The largest absolute Gasteiger partial charge is 0.507 e. The van der Waals surface area contributed by atoms with Crippen LogP contribution in [-0.2, 0) is 31.9 Å². The van der Waals surface area contributed by atoms with Gasteiger partial charge in [-0.25, -0.2) is 18.6 Å². The smallest absolute Gasteiger partial charge is 0.310 e. The van der Waals surface area contributed by atoms with E-state index in [2.05, 4.69) is 0 Å². The zero-order valence-electron chi connectivity index (χ0n) is 28.6. The minimum Gasteiger partial charge on any atom is -0.507 e. The van der Waals surface area contributed by atoms with Gasteiger partial charge in [0, 0.05) is 0 Å². The van der Waals surface area contributed by atoms with Gasteiger partial charge in [0.15, 0.2) is 0 Å². The first-order chi connectivity index (χ1) is 25.8. The highest BCUT2D eigenvalue weighted by molar-refractivity contribution is 6.43. The summed E-state index contributed by atoms with van der Waals surface area (Å²) in [6.07, 6.45) is -2.59. The van der Waals surface area contributed by atoms with Gasteiger partial charge in [-0.05, 0) is 73.5 Å². The fraction of sp³-hybridized carbons (Fsp3) is 0.211. The molecule has 4 amide bonds. The molecule has 2 heterocycles. The van der Waals surface area contributed by atoms with Crippen LogP contribution >= 0.6 is 23.2 Å². The number of phenols is 1. The van der Waals surface area contributed by atoms with Gasteiger partial charge >= 0.3 is 11.9 Å². The Hall–Kier alpha value is -5.86. The van der Waals surface area contributed by atoms with Crippen LogP contribution in [0.5, 0.6) is 11.5 Å². The van der Waals surface area contributed by atoms with Crippen molar-refractivity contribution in [3.05, 3.63) is 116 Å². The summed E-state index contributed by atoms with van der Waals surface area (Å²) >= 11 is 12.1. The molecule has 4 aromatic rings. The van der Waals surface area contributed by atoms with Crippen molar-refractivity contribution in [2.45, 2.75) is 33.1 Å². The number of ether oxygens (including phenoxy) is 3. The number of halogens is 4. The van der Waals surface area contributed by atoms with Crippen LogP contribution in [0.1, 0.15) is 66.4 Å². The van der Waals surface area contributed by atoms with Gasteiger partial charge < -0.3 is 19.3 Å². The monoisotopic (exact) mass is 782 g/mol. The molecule has 0 bridgehead atoms. The minimum absolute atomic E-state index is 0.0118. The van der Waals surface area contributed by atoms with E-state index in [9.17, 15) is 42.7 Å². The number of carbonyl (C=O) groups is 6. The average molecular weight is 784 g/mol. The number of aromatic hydroxyl groups is 1. The molecule has 0 saturated carbocycles. The van der Waals surface area contributed by atoms with Crippen molar-refractivity contribution in [1.82, 2.24) is 0 Å². The zero-order valence-corrected chi connectivity index (χ0v) is 30.1. The lowest BCUT2D eigenvalue weighted by Crippen LogP contribution is -2.29. The molecule has 4 aromatic carbocycles. The summed E-state index contributed by atoms with van der Waals surface area (Å²) in [7, 11) is 0. The maximum atomic E-state index is 12.9. The van der Waals surface area contributed by atoms with Crippen molar-refractivity contribution in [3.8, 4) is 11.5 Å². The Morgan fingerprint density at radius 2 is 1.04 bits per heavy atom. The van der Waals surface area contributed by atoms with Crippen LogP contribution < -0.4 is 14.5 Å². The molecular formula is C38H30Cl2F2N2O10. The van der Waals surface area contributed by atoms with E-state index in [1.54, 1.807) is 50.2 Å². The van der Waals surface area contributed by atoms with Crippen LogP contribution in [0.4, 0.5) is 20.2 Å². The molecule has 16 heteroatoms. The fourth-order valence-electron chi connectivity index (χ4n) is 5.63. The summed E-state index contributed by atoms with van der Waals surface area (Å²) < 4.78 is 39.7. The number of esters is 2. The number of phenolic OH excluding ortho intramolecular Hbond substituents is 1. The molecule has 0 spiro atoms. The first-order valence-electron chi connectivity index (χ1n) is 16.3. The van der Waals surface area contributed by atoms with Crippen LogP contribution in [-0.4, -0.2) is 66.9 Å². The molecule has 1 N–H and O–H groups in total. The number of benzene rings is 4. The minimum atomic E-state index is -2.74. The fourth-order valence-corrected chi connectivity index (χ4v) is 6.10. The molecule has 2 aliphatic rings. The normalized spacial score (nSPS) is 13.1. The summed E-state index contributed by atoms with van der Waals surface area (Å²) in [5.74, 6) is -3.83. The number of hydrogen-bond donors (Lipinski definition) is 1. The number of fused-ring (bicyclic) bond motifs is 2. The van der Waals surface area contributed by atoms with Crippen LogP contribution in [0.25, 0.3) is 0 Å². The van der Waals surface area contributed by atoms with E-state index in [1.807, 2.05) is 0 Å². The van der Waals surface area contributed by atoms with Crippen molar-refractivity contribution in [3.63, 3.8) is 0 Å². The van der Waals surface area contributed by atoms with Crippen LogP contribution in [0, 0.1) is 0 Å². The lowest BCUT2D eigenvalue weighted by Gasteiger charge is -2.14. The lowest BCUT2D eigenvalue weighted by molar-refractivity contribution is -0.143. The first-order valence-corrected chi connectivity index (χ1v) is 17.0. The van der Waals surface area contributed by atoms with E-state index in [-0.39, 0.29) is 74.9 Å². The number of hydrogen-bond acceptors (Lipinski definition) is 10. The SMILES string of the molecule is CCOC(=O)Cc1ccc(N2C(=O)c3c(Cl)ccc(OCC(F)F)c3C2=O)cc1.CCOC(=O)Cc1ccc(N2C(=O)c3c(O)ccc(Cl)c3C2=O)cc1. The quantitative estimate of drug-likeness (QED) is 0.126. The van der Waals surface area contributed by atoms with E-state index in [4.69, 9.17) is 37.4 Å². The van der Waals surface area contributed by atoms with Crippen molar-refractivity contribution < 1.29 is 56.9 Å². The molecule has 0 aliphatic carbocycles. The maximum Gasteiger partial charge on any atom is 0.310 e. The molecule has 0 atom stereocenters. The number of imide groups is 2. The van der Waals surface area contributed by atoms with Crippen LogP contribution in [0.15, 0.2) is 72.8 Å². The van der Waals surface area contributed by atoms with Crippen LogP contribution in [0.3, 0.4) is 0 Å². The summed E-state index contributed by atoms with van der Waals surface area (Å²) in [6.45, 7) is 3.08. The predicted molar refractivity (Wildman–Crippen MR) is 192 cm³/mol. The van der Waals surface area contributed by atoms with Crippen molar-refractivity contribution in [2.24, 2.45) is 0 Å². The molecule has 280 valence electrons. The second-order valence-corrected chi connectivity index (χ2v) is 12.3. The average Bonchev–Trinajstić information content (AvgIpc) is 3.56. The summed E-state index contributed by atoms with van der Waals surface area (Å²) in [5.41, 5.74) is 1.55. The molecule has 0 saturated heterocycles. The Morgan fingerprint density at radius 1 is 0.630 bits per heavy atom. The third-order valence-electron chi connectivity index (χ3n) is 7.98. The Kier molecular flexibility index (Phi) is 12.3. The van der Waals surface area contributed by atoms with Gasteiger partial charge in [-0.15, -0.1) is 0 Å². The van der Waals surface area contributed by atoms with Crippen molar-refractivity contribution >= 4 is 70.1 Å². The Labute approximate surface area is 316 Å². The Morgan fingerprint density at radius 3 is 1.46 bits per heavy atom.